The number of hydrogen-bond donors (Lipinski definition) is 0. The highest BCUT2D eigenvalue weighted by Crippen LogP contribution is 2.61. The average molecular weight is 240 g/mol. The van der Waals surface area contributed by atoms with Gasteiger partial charge in [0.2, 0.25) is 0 Å². The van der Waals surface area contributed by atoms with Gasteiger partial charge in [0.1, 0.15) is 0 Å². The minimum atomic E-state index is 0.564. The smallest absolute Gasteiger partial charge is 0.0683 e. The minimum absolute atomic E-state index is 0.564. The summed E-state index contributed by atoms with van der Waals surface area (Å²) in [5.74, 6) is 3.34. The van der Waals surface area contributed by atoms with Crippen LogP contribution >= 0.6 is 0 Å². The molecule has 1 aromatic rings. The molecule has 1 aromatic carbocycles. The van der Waals surface area contributed by atoms with Crippen molar-refractivity contribution in [3.8, 4) is 0 Å². The summed E-state index contributed by atoms with van der Waals surface area (Å²) in [5, 5.41) is 0. The first-order valence-corrected chi connectivity index (χ1v) is 7.67. The molecule has 0 amide bonds. The number of fused-ring (bicyclic) bond motifs is 10. The van der Waals surface area contributed by atoms with E-state index in [1.54, 1.807) is 11.1 Å². The third-order valence-electron chi connectivity index (χ3n) is 6.14. The Labute approximate surface area is 109 Å². The number of hydrogen-bond acceptors (Lipinski definition) is 1. The molecule has 2 bridgehead atoms. The molecule has 5 rings (SSSR count). The molecular weight excluding hydrogens is 220 g/mol. The Morgan fingerprint density at radius 3 is 2.56 bits per heavy atom. The van der Waals surface area contributed by atoms with Crippen molar-refractivity contribution in [1.29, 1.82) is 0 Å². The quantitative estimate of drug-likeness (QED) is 0.674. The van der Waals surface area contributed by atoms with Crippen molar-refractivity contribution in [2.24, 2.45) is 17.8 Å². The molecule has 94 valence electrons. The number of rotatable bonds is 0. The van der Waals surface area contributed by atoms with Crippen molar-refractivity contribution in [3.63, 3.8) is 0 Å². The average Bonchev–Trinajstić information content (AvgIpc) is 3.07. The Morgan fingerprint density at radius 2 is 1.67 bits per heavy atom. The predicted octanol–water partition coefficient (Wildman–Crippen LogP) is 3.53. The molecule has 2 aliphatic carbocycles. The van der Waals surface area contributed by atoms with Gasteiger partial charge in [-0.05, 0) is 48.1 Å². The fraction of sp³-hybridized carbons (Fsp3) is 0.647. The van der Waals surface area contributed by atoms with E-state index in [4.69, 9.17) is 4.74 Å². The third kappa shape index (κ3) is 1.08. The van der Waals surface area contributed by atoms with E-state index in [9.17, 15) is 0 Å². The van der Waals surface area contributed by atoms with Crippen LogP contribution in [0.2, 0.25) is 0 Å². The molecule has 2 aliphatic heterocycles. The first-order valence-electron chi connectivity index (χ1n) is 7.67. The Hall–Kier alpha value is -0.820. The second-order valence-electron chi connectivity index (χ2n) is 6.77. The van der Waals surface area contributed by atoms with Gasteiger partial charge < -0.3 is 4.74 Å². The molecule has 2 saturated heterocycles. The second kappa shape index (κ2) is 3.39. The van der Waals surface area contributed by atoms with E-state index in [0.29, 0.717) is 12.2 Å². The van der Waals surface area contributed by atoms with Crippen LogP contribution in [-0.2, 0) is 11.2 Å². The highest BCUT2D eigenvalue weighted by atomic mass is 16.5. The molecule has 18 heavy (non-hydrogen) atoms. The third-order valence-corrected chi connectivity index (χ3v) is 6.14. The lowest BCUT2D eigenvalue weighted by molar-refractivity contribution is 0.0719. The van der Waals surface area contributed by atoms with Gasteiger partial charge >= 0.3 is 0 Å². The molecule has 1 saturated carbocycles. The normalized spacial score (nSPS) is 47.8. The van der Waals surface area contributed by atoms with Crippen LogP contribution in [0.5, 0.6) is 0 Å². The van der Waals surface area contributed by atoms with Gasteiger partial charge in [0.05, 0.1) is 12.2 Å². The van der Waals surface area contributed by atoms with E-state index in [0.717, 1.165) is 23.7 Å². The SMILES string of the molecule is c1ccc2c(c1)C[C@H]1[C@H]3O[C@H]([C@H]4CCCC[C@@H]43)[C@H]21. The van der Waals surface area contributed by atoms with Crippen molar-refractivity contribution < 1.29 is 4.74 Å². The molecule has 0 spiro atoms. The van der Waals surface area contributed by atoms with E-state index in [2.05, 4.69) is 24.3 Å². The molecule has 4 aliphatic rings. The van der Waals surface area contributed by atoms with Crippen LogP contribution in [0.15, 0.2) is 24.3 Å². The summed E-state index contributed by atoms with van der Waals surface area (Å²) in [6.07, 6.45) is 8.19. The van der Waals surface area contributed by atoms with Gasteiger partial charge in [0.25, 0.3) is 0 Å². The fourth-order valence-electron chi connectivity index (χ4n) is 5.55. The summed E-state index contributed by atoms with van der Waals surface area (Å²) < 4.78 is 6.44. The summed E-state index contributed by atoms with van der Waals surface area (Å²) in [4.78, 5) is 0. The highest BCUT2D eigenvalue weighted by molar-refractivity contribution is 5.40. The Kier molecular flexibility index (Phi) is 1.89. The van der Waals surface area contributed by atoms with E-state index in [1.807, 2.05) is 0 Å². The summed E-state index contributed by atoms with van der Waals surface area (Å²) in [5.41, 5.74) is 3.24. The van der Waals surface area contributed by atoms with Gasteiger partial charge in [-0.2, -0.15) is 0 Å². The van der Waals surface area contributed by atoms with Crippen molar-refractivity contribution in [1.82, 2.24) is 0 Å². The Morgan fingerprint density at radius 1 is 0.889 bits per heavy atom. The van der Waals surface area contributed by atoms with Crippen molar-refractivity contribution >= 4 is 0 Å². The van der Waals surface area contributed by atoms with E-state index < -0.39 is 0 Å². The van der Waals surface area contributed by atoms with Crippen LogP contribution in [0.25, 0.3) is 0 Å². The van der Waals surface area contributed by atoms with E-state index in [-0.39, 0.29) is 0 Å². The molecule has 0 unspecified atom stereocenters. The van der Waals surface area contributed by atoms with Crippen LogP contribution < -0.4 is 0 Å². The summed E-state index contributed by atoms with van der Waals surface area (Å²) in [6.45, 7) is 0. The molecule has 1 nitrogen and oxygen atoms in total. The maximum atomic E-state index is 6.44. The summed E-state index contributed by atoms with van der Waals surface area (Å²) in [7, 11) is 0. The highest BCUT2D eigenvalue weighted by Gasteiger charge is 2.61. The maximum Gasteiger partial charge on any atom is 0.0683 e. The predicted molar refractivity (Wildman–Crippen MR) is 70.5 cm³/mol. The van der Waals surface area contributed by atoms with Crippen LogP contribution in [0.4, 0.5) is 0 Å². The van der Waals surface area contributed by atoms with Gasteiger partial charge in [0, 0.05) is 5.92 Å². The van der Waals surface area contributed by atoms with Gasteiger partial charge in [-0.25, -0.2) is 0 Å². The van der Waals surface area contributed by atoms with Crippen molar-refractivity contribution in [2.75, 3.05) is 0 Å². The molecule has 0 aromatic heterocycles. The standard InChI is InChI=1S/C17H20O/c1-2-6-11-10(5-1)9-14-15(11)17-13-8-4-3-7-12(13)16(14)18-17/h1-2,5-6,12-17H,3-4,7-9H2/t12-,13-,14+,15+,16-,17+/m0/s1. The minimum Gasteiger partial charge on any atom is -0.373 e. The van der Waals surface area contributed by atoms with Gasteiger partial charge in [0.15, 0.2) is 0 Å². The zero-order chi connectivity index (χ0) is 11.7. The summed E-state index contributed by atoms with van der Waals surface area (Å²) >= 11 is 0. The van der Waals surface area contributed by atoms with Gasteiger partial charge in [-0.1, -0.05) is 37.1 Å². The zero-order valence-electron chi connectivity index (χ0n) is 10.7. The first kappa shape index (κ1) is 10.0. The van der Waals surface area contributed by atoms with Crippen LogP contribution in [0, 0.1) is 17.8 Å². The monoisotopic (exact) mass is 240 g/mol. The number of benzene rings is 1. The largest absolute Gasteiger partial charge is 0.373 e. The van der Waals surface area contributed by atoms with Crippen molar-refractivity contribution in [3.05, 3.63) is 35.4 Å². The molecule has 0 radical (unpaired) electrons. The topological polar surface area (TPSA) is 9.23 Å². The van der Waals surface area contributed by atoms with Crippen LogP contribution in [0.1, 0.15) is 42.7 Å². The molecule has 6 atom stereocenters. The van der Waals surface area contributed by atoms with E-state index >= 15 is 0 Å². The molecular formula is C17H20O. The molecule has 1 heteroatoms. The van der Waals surface area contributed by atoms with Crippen LogP contribution in [-0.4, -0.2) is 12.2 Å². The van der Waals surface area contributed by atoms with Crippen LogP contribution in [0.3, 0.4) is 0 Å². The Bertz CT molecular complexity index is 494. The lowest BCUT2D eigenvalue weighted by Gasteiger charge is -2.38. The molecule has 2 heterocycles. The van der Waals surface area contributed by atoms with Gasteiger partial charge in [-0.3, -0.25) is 0 Å². The lowest BCUT2D eigenvalue weighted by Crippen LogP contribution is -2.38. The zero-order valence-corrected chi connectivity index (χ0v) is 10.7. The van der Waals surface area contributed by atoms with E-state index in [1.165, 1.54) is 32.1 Å². The number of ether oxygens (including phenoxy) is 1. The fourth-order valence-corrected chi connectivity index (χ4v) is 5.55. The molecule has 0 N–H and O–H groups in total. The molecule has 3 fully saturated rings. The maximum absolute atomic E-state index is 6.44. The lowest BCUT2D eigenvalue weighted by atomic mass is 9.63. The second-order valence-corrected chi connectivity index (χ2v) is 6.77. The van der Waals surface area contributed by atoms with Crippen molar-refractivity contribution in [2.45, 2.75) is 50.2 Å². The first-order chi connectivity index (χ1) is 8.93. The van der Waals surface area contributed by atoms with Gasteiger partial charge in [-0.15, -0.1) is 0 Å². The Balaban J connectivity index is 1.59. The summed E-state index contributed by atoms with van der Waals surface area (Å²) in [6, 6.07) is 9.12.